The highest BCUT2D eigenvalue weighted by Gasteiger charge is 2.07. The van der Waals surface area contributed by atoms with Crippen molar-refractivity contribution < 1.29 is 9.90 Å². The summed E-state index contributed by atoms with van der Waals surface area (Å²) in [5.74, 6) is 0.0375. The first-order valence-electron chi connectivity index (χ1n) is 7.25. The number of nitrogens with zero attached hydrogens (tertiary/aromatic N) is 1. The van der Waals surface area contributed by atoms with Crippen LogP contribution in [-0.2, 0) is 11.3 Å². The van der Waals surface area contributed by atoms with Gasteiger partial charge in [0.25, 0.3) is 0 Å². The standard InChI is InChI=1S/C16H21ClN2O2/c1-12(7-10-20)18-16(21)3-2-8-19-9-6-13-11-14(17)4-5-15(13)19/h4-6,9,11-12,20H,2-3,7-8,10H2,1H3,(H,18,21)/t12-/m1/s1. The Balaban J connectivity index is 1.84. The molecule has 5 heteroatoms. The summed E-state index contributed by atoms with van der Waals surface area (Å²) in [4.78, 5) is 11.7. The van der Waals surface area contributed by atoms with E-state index < -0.39 is 0 Å². The number of fused-ring (bicyclic) bond motifs is 1. The normalized spacial score (nSPS) is 12.5. The lowest BCUT2D eigenvalue weighted by Crippen LogP contribution is -2.33. The fourth-order valence-corrected chi connectivity index (χ4v) is 2.57. The molecule has 0 saturated carbocycles. The minimum absolute atomic E-state index is 0.0250. The number of hydrogen-bond donors (Lipinski definition) is 2. The minimum atomic E-state index is 0.0250. The number of aryl methyl sites for hydroxylation is 1. The molecule has 0 saturated heterocycles. The van der Waals surface area contributed by atoms with Crippen LogP contribution in [-0.4, -0.2) is 28.2 Å². The third-order valence-corrected chi connectivity index (χ3v) is 3.74. The van der Waals surface area contributed by atoms with Crippen molar-refractivity contribution in [3.05, 3.63) is 35.5 Å². The van der Waals surface area contributed by atoms with Crippen molar-refractivity contribution >= 4 is 28.4 Å². The zero-order valence-corrected chi connectivity index (χ0v) is 12.9. The molecule has 4 nitrogen and oxygen atoms in total. The molecular formula is C16H21ClN2O2. The van der Waals surface area contributed by atoms with Crippen LogP contribution in [0.25, 0.3) is 10.9 Å². The highest BCUT2D eigenvalue weighted by Crippen LogP contribution is 2.20. The smallest absolute Gasteiger partial charge is 0.220 e. The first-order valence-corrected chi connectivity index (χ1v) is 7.62. The minimum Gasteiger partial charge on any atom is -0.396 e. The number of aliphatic hydroxyl groups excluding tert-OH is 1. The number of nitrogens with one attached hydrogen (secondary N) is 1. The van der Waals surface area contributed by atoms with Gasteiger partial charge < -0.3 is 15.0 Å². The van der Waals surface area contributed by atoms with Gasteiger partial charge in [-0.3, -0.25) is 4.79 Å². The van der Waals surface area contributed by atoms with E-state index in [0.29, 0.717) is 12.8 Å². The first kappa shape index (κ1) is 15.9. The number of aliphatic hydroxyl groups is 1. The lowest BCUT2D eigenvalue weighted by Gasteiger charge is -2.12. The number of amides is 1. The molecule has 0 unspecified atom stereocenters. The highest BCUT2D eigenvalue weighted by molar-refractivity contribution is 6.31. The maximum absolute atomic E-state index is 11.7. The molecule has 21 heavy (non-hydrogen) atoms. The average molecular weight is 309 g/mol. The number of hydrogen-bond acceptors (Lipinski definition) is 2. The predicted molar refractivity (Wildman–Crippen MR) is 85.5 cm³/mol. The molecule has 1 atom stereocenters. The van der Waals surface area contributed by atoms with Gasteiger partial charge in [0.15, 0.2) is 0 Å². The Labute approximate surface area is 129 Å². The lowest BCUT2D eigenvalue weighted by atomic mass is 10.2. The topological polar surface area (TPSA) is 54.3 Å². The second-order valence-corrected chi connectivity index (χ2v) is 5.73. The molecule has 0 spiro atoms. The SMILES string of the molecule is C[C@H](CCO)NC(=O)CCCn1ccc2cc(Cl)ccc21. The van der Waals surface area contributed by atoms with E-state index in [2.05, 4.69) is 9.88 Å². The van der Waals surface area contributed by atoms with Gasteiger partial charge in [-0.25, -0.2) is 0 Å². The Kier molecular flexibility index (Phi) is 5.65. The molecule has 0 bridgehead atoms. The van der Waals surface area contributed by atoms with E-state index in [1.54, 1.807) is 0 Å². The molecule has 114 valence electrons. The molecule has 0 radical (unpaired) electrons. The van der Waals surface area contributed by atoms with Gasteiger partial charge in [0.2, 0.25) is 5.91 Å². The molecule has 1 heterocycles. The maximum atomic E-state index is 11.7. The van der Waals surface area contributed by atoms with Crippen molar-refractivity contribution in [1.29, 1.82) is 0 Å². The monoisotopic (exact) mass is 308 g/mol. The molecule has 0 aliphatic rings. The summed E-state index contributed by atoms with van der Waals surface area (Å²) in [6.07, 6.45) is 3.88. The van der Waals surface area contributed by atoms with Crippen molar-refractivity contribution in [2.24, 2.45) is 0 Å². The van der Waals surface area contributed by atoms with Crippen LogP contribution in [0.15, 0.2) is 30.5 Å². The Morgan fingerprint density at radius 1 is 1.43 bits per heavy atom. The summed E-state index contributed by atoms with van der Waals surface area (Å²) in [6, 6.07) is 7.88. The van der Waals surface area contributed by atoms with Crippen LogP contribution in [0, 0.1) is 0 Å². The Bertz CT molecular complexity index is 609. The Morgan fingerprint density at radius 3 is 3.00 bits per heavy atom. The van der Waals surface area contributed by atoms with Gasteiger partial charge in [-0.15, -0.1) is 0 Å². The third kappa shape index (κ3) is 4.48. The Morgan fingerprint density at radius 2 is 2.24 bits per heavy atom. The van der Waals surface area contributed by atoms with Gasteiger partial charge in [0.1, 0.15) is 0 Å². The molecule has 0 aliphatic heterocycles. The summed E-state index contributed by atoms with van der Waals surface area (Å²) in [5.41, 5.74) is 1.13. The van der Waals surface area contributed by atoms with Crippen molar-refractivity contribution in [2.75, 3.05) is 6.61 Å². The number of carbonyl (C=O) groups excluding carboxylic acids is 1. The number of aromatic nitrogens is 1. The second-order valence-electron chi connectivity index (χ2n) is 5.30. The third-order valence-electron chi connectivity index (χ3n) is 3.51. The number of halogens is 1. The largest absolute Gasteiger partial charge is 0.396 e. The molecule has 0 fully saturated rings. The molecule has 1 aromatic heterocycles. The van der Waals surface area contributed by atoms with Crippen LogP contribution in [0.5, 0.6) is 0 Å². The molecular weight excluding hydrogens is 288 g/mol. The van der Waals surface area contributed by atoms with Gasteiger partial charge in [-0.05, 0) is 44.0 Å². The van der Waals surface area contributed by atoms with Crippen LogP contribution >= 0.6 is 11.6 Å². The van der Waals surface area contributed by atoms with Crippen molar-refractivity contribution in [2.45, 2.75) is 38.8 Å². The summed E-state index contributed by atoms with van der Waals surface area (Å²) in [6.45, 7) is 2.80. The number of carbonyl (C=O) groups is 1. The van der Waals surface area contributed by atoms with E-state index in [-0.39, 0.29) is 18.6 Å². The van der Waals surface area contributed by atoms with E-state index in [9.17, 15) is 4.79 Å². The fraction of sp³-hybridized carbons (Fsp3) is 0.438. The van der Waals surface area contributed by atoms with Crippen molar-refractivity contribution in [3.63, 3.8) is 0 Å². The van der Waals surface area contributed by atoms with Crippen LogP contribution < -0.4 is 5.32 Å². The van der Waals surface area contributed by atoms with Crippen LogP contribution in [0.2, 0.25) is 5.02 Å². The van der Waals surface area contributed by atoms with Crippen molar-refractivity contribution in [1.82, 2.24) is 9.88 Å². The zero-order valence-electron chi connectivity index (χ0n) is 12.2. The number of rotatable bonds is 7. The molecule has 2 aromatic rings. The van der Waals surface area contributed by atoms with Gasteiger partial charge >= 0.3 is 0 Å². The van der Waals surface area contributed by atoms with E-state index in [1.165, 1.54) is 0 Å². The van der Waals surface area contributed by atoms with Crippen LogP contribution in [0.3, 0.4) is 0 Å². The Hall–Kier alpha value is -1.52. The predicted octanol–water partition coefficient (Wildman–Crippen LogP) is 2.96. The van der Waals surface area contributed by atoms with E-state index in [4.69, 9.17) is 16.7 Å². The maximum Gasteiger partial charge on any atom is 0.220 e. The molecule has 2 N–H and O–H groups in total. The van der Waals surface area contributed by atoms with Gasteiger partial charge in [0.05, 0.1) is 0 Å². The van der Waals surface area contributed by atoms with Gasteiger partial charge in [-0.2, -0.15) is 0 Å². The average Bonchev–Trinajstić information content (AvgIpc) is 2.81. The highest BCUT2D eigenvalue weighted by atomic mass is 35.5. The van der Waals surface area contributed by atoms with E-state index >= 15 is 0 Å². The molecule has 1 aromatic carbocycles. The second kappa shape index (κ2) is 7.48. The summed E-state index contributed by atoms with van der Waals surface area (Å²) in [7, 11) is 0. The van der Waals surface area contributed by atoms with Gasteiger partial charge in [0, 0.05) is 47.7 Å². The first-order chi connectivity index (χ1) is 10.1. The lowest BCUT2D eigenvalue weighted by molar-refractivity contribution is -0.121. The summed E-state index contributed by atoms with van der Waals surface area (Å²) < 4.78 is 2.14. The van der Waals surface area contributed by atoms with Crippen LogP contribution in [0.4, 0.5) is 0 Å². The molecule has 0 aliphatic carbocycles. The molecule has 2 rings (SSSR count). The zero-order chi connectivity index (χ0) is 15.2. The fourth-order valence-electron chi connectivity index (χ4n) is 2.39. The van der Waals surface area contributed by atoms with E-state index in [1.807, 2.05) is 37.4 Å². The summed E-state index contributed by atoms with van der Waals surface area (Å²) >= 11 is 5.97. The quantitative estimate of drug-likeness (QED) is 0.826. The van der Waals surface area contributed by atoms with Gasteiger partial charge in [-0.1, -0.05) is 11.6 Å². The van der Waals surface area contributed by atoms with Crippen LogP contribution in [0.1, 0.15) is 26.2 Å². The summed E-state index contributed by atoms with van der Waals surface area (Å²) in [5, 5.41) is 13.5. The molecule has 1 amide bonds. The number of benzene rings is 1. The van der Waals surface area contributed by atoms with Crippen molar-refractivity contribution in [3.8, 4) is 0 Å². The van der Waals surface area contributed by atoms with E-state index in [0.717, 1.165) is 28.9 Å².